The lowest BCUT2D eigenvalue weighted by atomic mass is 9.93. The molecule has 0 radical (unpaired) electrons. The van der Waals surface area contributed by atoms with E-state index in [-0.39, 0.29) is 11.0 Å². The summed E-state index contributed by atoms with van der Waals surface area (Å²) in [4.78, 5) is 20.9. The zero-order valence-electron chi connectivity index (χ0n) is 11.2. The SMILES string of the molecule is CC(C)(C)CCOc1ccc([N+](=O)[O-])c(C(=O)O)c1. The van der Waals surface area contributed by atoms with Gasteiger partial charge in [-0.25, -0.2) is 4.79 Å². The third-order valence-electron chi connectivity index (χ3n) is 2.52. The van der Waals surface area contributed by atoms with E-state index in [0.717, 1.165) is 12.5 Å². The minimum atomic E-state index is -1.34. The number of nitro benzene ring substituents is 1. The standard InChI is InChI=1S/C13H17NO5/c1-13(2,3)6-7-19-9-4-5-11(14(17)18)10(8-9)12(15)16/h4-5,8H,6-7H2,1-3H3,(H,15,16). The van der Waals surface area contributed by atoms with Gasteiger partial charge in [-0.05, 0) is 17.9 Å². The topological polar surface area (TPSA) is 89.7 Å². The van der Waals surface area contributed by atoms with E-state index in [1.165, 1.54) is 12.1 Å². The number of carboxylic acids is 1. The highest BCUT2D eigenvalue weighted by Crippen LogP contribution is 2.25. The fourth-order valence-corrected chi connectivity index (χ4v) is 1.41. The summed E-state index contributed by atoms with van der Waals surface area (Å²) in [5, 5.41) is 19.6. The zero-order valence-corrected chi connectivity index (χ0v) is 11.2. The Morgan fingerprint density at radius 1 is 1.42 bits per heavy atom. The van der Waals surface area contributed by atoms with Crippen LogP contribution in [0.5, 0.6) is 5.75 Å². The molecule has 19 heavy (non-hydrogen) atoms. The molecule has 1 rings (SSSR count). The molecule has 0 heterocycles. The Labute approximate surface area is 111 Å². The molecule has 0 atom stereocenters. The fraction of sp³-hybridized carbons (Fsp3) is 0.462. The molecule has 6 heteroatoms. The van der Waals surface area contributed by atoms with Crippen molar-refractivity contribution in [2.45, 2.75) is 27.2 Å². The van der Waals surface area contributed by atoms with Gasteiger partial charge in [-0.1, -0.05) is 20.8 Å². The monoisotopic (exact) mass is 267 g/mol. The minimum Gasteiger partial charge on any atom is -0.494 e. The molecule has 0 aromatic heterocycles. The molecule has 6 nitrogen and oxygen atoms in total. The summed E-state index contributed by atoms with van der Waals surface area (Å²) in [7, 11) is 0. The number of aromatic carboxylic acids is 1. The van der Waals surface area contributed by atoms with E-state index in [2.05, 4.69) is 20.8 Å². The van der Waals surface area contributed by atoms with Gasteiger partial charge in [0.2, 0.25) is 0 Å². The lowest BCUT2D eigenvalue weighted by Crippen LogP contribution is -2.11. The number of nitro groups is 1. The number of rotatable bonds is 5. The predicted octanol–water partition coefficient (Wildman–Crippen LogP) is 3.11. The van der Waals surface area contributed by atoms with Crippen LogP contribution >= 0.6 is 0 Å². The first-order valence-corrected chi connectivity index (χ1v) is 5.85. The van der Waals surface area contributed by atoms with Crippen LogP contribution in [-0.2, 0) is 0 Å². The highest BCUT2D eigenvalue weighted by atomic mass is 16.6. The molecule has 1 aromatic carbocycles. The van der Waals surface area contributed by atoms with E-state index >= 15 is 0 Å². The van der Waals surface area contributed by atoms with E-state index in [4.69, 9.17) is 9.84 Å². The maximum atomic E-state index is 11.0. The molecule has 1 N–H and O–H groups in total. The molecule has 104 valence electrons. The van der Waals surface area contributed by atoms with Crippen LogP contribution in [0.4, 0.5) is 5.69 Å². The molecule has 0 amide bonds. The third kappa shape index (κ3) is 4.57. The second kappa shape index (κ2) is 5.69. The third-order valence-corrected chi connectivity index (χ3v) is 2.52. The van der Waals surface area contributed by atoms with Crippen molar-refractivity contribution >= 4 is 11.7 Å². The van der Waals surface area contributed by atoms with E-state index < -0.39 is 16.6 Å². The van der Waals surface area contributed by atoms with Crippen molar-refractivity contribution in [2.24, 2.45) is 5.41 Å². The number of carboxylic acid groups (broad SMARTS) is 1. The Morgan fingerprint density at radius 3 is 2.53 bits per heavy atom. The van der Waals surface area contributed by atoms with Gasteiger partial charge in [0, 0.05) is 12.1 Å². The van der Waals surface area contributed by atoms with Crippen molar-refractivity contribution in [3.05, 3.63) is 33.9 Å². The van der Waals surface area contributed by atoms with E-state index in [0.29, 0.717) is 12.4 Å². The summed E-state index contributed by atoms with van der Waals surface area (Å²) in [6.07, 6.45) is 0.798. The van der Waals surface area contributed by atoms with Gasteiger partial charge in [0.1, 0.15) is 11.3 Å². The quantitative estimate of drug-likeness (QED) is 0.654. The van der Waals surface area contributed by atoms with Crippen LogP contribution in [0.1, 0.15) is 37.6 Å². The molecule has 0 spiro atoms. The van der Waals surface area contributed by atoms with Crippen LogP contribution in [0.3, 0.4) is 0 Å². The normalized spacial score (nSPS) is 11.1. The lowest BCUT2D eigenvalue weighted by Gasteiger charge is -2.18. The first kappa shape index (κ1) is 14.9. The Hall–Kier alpha value is -2.11. The molecule has 0 aliphatic heterocycles. The van der Waals surface area contributed by atoms with Gasteiger partial charge in [-0.3, -0.25) is 10.1 Å². The van der Waals surface area contributed by atoms with E-state index in [9.17, 15) is 14.9 Å². The molecular weight excluding hydrogens is 250 g/mol. The Balaban J connectivity index is 2.85. The Kier molecular flexibility index (Phi) is 4.47. The average molecular weight is 267 g/mol. The molecule has 0 aliphatic carbocycles. The molecule has 0 aliphatic rings. The Bertz CT molecular complexity index is 490. The van der Waals surface area contributed by atoms with Crippen molar-refractivity contribution in [3.8, 4) is 5.75 Å². The number of hydrogen-bond acceptors (Lipinski definition) is 4. The van der Waals surface area contributed by atoms with Gasteiger partial charge in [0.25, 0.3) is 5.69 Å². The van der Waals surface area contributed by atoms with Crippen molar-refractivity contribution in [1.29, 1.82) is 0 Å². The number of carbonyl (C=O) groups is 1. The summed E-state index contributed by atoms with van der Waals surface area (Å²) in [6.45, 7) is 6.62. The summed E-state index contributed by atoms with van der Waals surface area (Å²) in [5.41, 5.74) is -0.690. The molecule has 0 saturated carbocycles. The first-order valence-electron chi connectivity index (χ1n) is 5.85. The van der Waals surface area contributed by atoms with Gasteiger partial charge in [0.15, 0.2) is 0 Å². The first-order chi connectivity index (χ1) is 8.70. The fourth-order valence-electron chi connectivity index (χ4n) is 1.41. The number of hydrogen-bond donors (Lipinski definition) is 1. The van der Waals surface area contributed by atoms with Crippen LogP contribution in [0.25, 0.3) is 0 Å². The van der Waals surface area contributed by atoms with Crippen molar-refractivity contribution in [2.75, 3.05) is 6.61 Å². The van der Waals surface area contributed by atoms with E-state index in [1.54, 1.807) is 0 Å². The predicted molar refractivity (Wildman–Crippen MR) is 69.6 cm³/mol. The molecule has 0 unspecified atom stereocenters. The van der Waals surface area contributed by atoms with Gasteiger partial charge < -0.3 is 9.84 Å². The van der Waals surface area contributed by atoms with Crippen LogP contribution in [0.15, 0.2) is 18.2 Å². The highest BCUT2D eigenvalue weighted by Gasteiger charge is 2.20. The maximum absolute atomic E-state index is 11.0. The summed E-state index contributed by atoms with van der Waals surface area (Å²) in [6, 6.07) is 3.74. The van der Waals surface area contributed by atoms with Crippen LogP contribution < -0.4 is 4.74 Å². The summed E-state index contributed by atoms with van der Waals surface area (Å²) >= 11 is 0. The minimum absolute atomic E-state index is 0.108. The maximum Gasteiger partial charge on any atom is 0.342 e. The summed E-state index contributed by atoms with van der Waals surface area (Å²) < 4.78 is 5.42. The van der Waals surface area contributed by atoms with E-state index in [1.807, 2.05) is 0 Å². The van der Waals surface area contributed by atoms with Crippen LogP contribution in [0, 0.1) is 15.5 Å². The highest BCUT2D eigenvalue weighted by molar-refractivity contribution is 5.92. The average Bonchev–Trinajstić information content (AvgIpc) is 2.26. The molecule has 0 saturated heterocycles. The Morgan fingerprint density at radius 2 is 2.05 bits per heavy atom. The second-order valence-electron chi connectivity index (χ2n) is 5.40. The van der Waals surface area contributed by atoms with Gasteiger partial charge in [-0.15, -0.1) is 0 Å². The lowest BCUT2D eigenvalue weighted by molar-refractivity contribution is -0.385. The van der Waals surface area contributed by atoms with Crippen molar-refractivity contribution in [1.82, 2.24) is 0 Å². The van der Waals surface area contributed by atoms with Crippen molar-refractivity contribution < 1.29 is 19.6 Å². The van der Waals surface area contributed by atoms with Gasteiger partial charge >= 0.3 is 5.97 Å². The smallest absolute Gasteiger partial charge is 0.342 e. The van der Waals surface area contributed by atoms with Crippen LogP contribution in [-0.4, -0.2) is 22.6 Å². The van der Waals surface area contributed by atoms with Gasteiger partial charge in [-0.2, -0.15) is 0 Å². The van der Waals surface area contributed by atoms with Crippen molar-refractivity contribution in [3.63, 3.8) is 0 Å². The number of ether oxygens (including phenoxy) is 1. The number of benzene rings is 1. The second-order valence-corrected chi connectivity index (χ2v) is 5.40. The van der Waals surface area contributed by atoms with Crippen LogP contribution in [0.2, 0.25) is 0 Å². The molecule has 0 fully saturated rings. The largest absolute Gasteiger partial charge is 0.494 e. The summed E-state index contributed by atoms with van der Waals surface area (Å²) in [5.74, 6) is -1.01. The molecule has 1 aromatic rings. The number of nitrogens with zero attached hydrogens (tertiary/aromatic N) is 1. The van der Waals surface area contributed by atoms with Gasteiger partial charge in [0.05, 0.1) is 11.5 Å². The molecule has 0 bridgehead atoms. The molecular formula is C13H17NO5. The zero-order chi connectivity index (χ0) is 14.6.